The number of ether oxygens (including phenoxy) is 2. The summed E-state index contributed by atoms with van der Waals surface area (Å²) >= 11 is 0. The summed E-state index contributed by atoms with van der Waals surface area (Å²) in [6.07, 6.45) is 3.76. The summed E-state index contributed by atoms with van der Waals surface area (Å²) in [5.41, 5.74) is 0.810. The third-order valence-corrected chi connectivity index (χ3v) is 5.12. The highest BCUT2D eigenvalue weighted by Crippen LogP contribution is 2.32. The van der Waals surface area contributed by atoms with Crippen molar-refractivity contribution in [2.75, 3.05) is 20.3 Å². The summed E-state index contributed by atoms with van der Waals surface area (Å²) in [5.74, 6) is 2.09. The molecule has 1 aliphatic heterocycles. The second kappa shape index (κ2) is 8.98. The van der Waals surface area contributed by atoms with Crippen LogP contribution in [0.5, 0.6) is 11.5 Å². The van der Waals surface area contributed by atoms with E-state index in [0.717, 1.165) is 24.2 Å². The van der Waals surface area contributed by atoms with Gasteiger partial charge in [-0.2, -0.15) is 0 Å². The summed E-state index contributed by atoms with van der Waals surface area (Å²) in [7, 11) is 1.60. The Hall–Kier alpha value is -3.35. The minimum absolute atomic E-state index is 0.0559. The van der Waals surface area contributed by atoms with Gasteiger partial charge in [0.1, 0.15) is 29.1 Å². The number of nitrogens with zero attached hydrogens (tertiary/aromatic N) is 2. The summed E-state index contributed by atoms with van der Waals surface area (Å²) in [6.45, 7) is 0.580. The first-order valence-electron chi connectivity index (χ1n) is 9.88. The molecule has 156 valence electrons. The minimum Gasteiger partial charge on any atom is -0.497 e. The molecule has 6 nitrogen and oxygen atoms in total. The fourth-order valence-corrected chi connectivity index (χ4v) is 3.63. The van der Waals surface area contributed by atoms with Crippen molar-refractivity contribution in [1.82, 2.24) is 9.88 Å². The molecule has 0 saturated carbocycles. The van der Waals surface area contributed by atoms with Gasteiger partial charge in [0.2, 0.25) is 5.89 Å². The molecule has 0 unspecified atom stereocenters. The van der Waals surface area contributed by atoms with Crippen molar-refractivity contribution in [2.45, 2.75) is 25.3 Å². The van der Waals surface area contributed by atoms with Crippen LogP contribution in [0.2, 0.25) is 0 Å². The minimum atomic E-state index is -0.281. The maximum atomic E-state index is 13.4. The van der Waals surface area contributed by atoms with Gasteiger partial charge in [-0.3, -0.25) is 4.79 Å². The standard InChI is InChI=1S/C23H23FN2O4/c1-28-18-7-9-19(10-8-18)29-15-22(27)26-11-3-6-21(26)23-25-14-20(30-23)13-16-4-2-5-17(24)12-16/h2,4-5,7-10,12,14,21H,3,6,11,13,15H2,1H3/t21-/m1/s1. The highest BCUT2D eigenvalue weighted by Gasteiger charge is 2.33. The Morgan fingerprint density at radius 1 is 1.23 bits per heavy atom. The molecule has 30 heavy (non-hydrogen) atoms. The van der Waals surface area contributed by atoms with E-state index in [1.165, 1.54) is 12.1 Å². The lowest BCUT2D eigenvalue weighted by Gasteiger charge is -2.22. The monoisotopic (exact) mass is 410 g/mol. The van der Waals surface area contributed by atoms with Crippen LogP contribution in [0.25, 0.3) is 0 Å². The lowest BCUT2D eigenvalue weighted by atomic mass is 10.1. The van der Waals surface area contributed by atoms with Crippen molar-refractivity contribution in [3.63, 3.8) is 0 Å². The first-order chi connectivity index (χ1) is 14.6. The molecule has 7 heteroatoms. The van der Waals surface area contributed by atoms with Crippen molar-refractivity contribution in [3.8, 4) is 11.5 Å². The average Bonchev–Trinajstić information content (AvgIpc) is 3.42. The van der Waals surface area contributed by atoms with Crippen molar-refractivity contribution >= 4 is 5.91 Å². The average molecular weight is 410 g/mol. The molecule has 0 bridgehead atoms. The van der Waals surface area contributed by atoms with Crippen LogP contribution in [0.15, 0.2) is 59.1 Å². The summed E-state index contributed by atoms with van der Waals surface area (Å²) < 4.78 is 30.0. The Bertz CT molecular complexity index is 1000. The molecule has 1 fully saturated rings. The number of halogens is 1. The number of methoxy groups -OCH3 is 1. The third kappa shape index (κ3) is 4.62. The molecule has 3 aromatic rings. The van der Waals surface area contributed by atoms with Gasteiger partial charge < -0.3 is 18.8 Å². The molecule has 0 radical (unpaired) electrons. The zero-order valence-electron chi connectivity index (χ0n) is 16.7. The number of carbonyl (C=O) groups is 1. The van der Waals surface area contributed by atoms with E-state index >= 15 is 0 Å². The van der Waals surface area contributed by atoms with Gasteiger partial charge in [-0.1, -0.05) is 12.1 Å². The molecular weight excluding hydrogens is 387 g/mol. The fraction of sp³-hybridized carbons (Fsp3) is 0.304. The zero-order valence-corrected chi connectivity index (χ0v) is 16.7. The van der Waals surface area contributed by atoms with Crippen molar-refractivity contribution < 1.29 is 23.1 Å². The molecule has 1 aromatic heterocycles. The van der Waals surface area contributed by atoms with Crippen LogP contribution in [-0.2, 0) is 11.2 Å². The van der Waals surface area contributed by atoms with Gasteiger partial charge in [-0.15, -0.1) is 0 Å². The van der Waals surface area contributed by atoms with E-state index in [-0.39, 0.29) is 24.4 Å². The smallest absolute Gasteiger partial charge is 0.261 e. The van der Waals surface area contributed by atoms with Gasteiger partial charge in [0.15, 0.2) is 6.61 Å². The number of amides is 1. The van der Waals surface area contributed by atoms with Crippen LogP contribution < -0.4 is 9.47 Å². The van der Waals surface area contributed by atoms with Crippen molar-refractivity contribution in [3.05, 3.63) is 77.8 Å². The second-order valence-corrected chi connectivity index (χ2v) is 7.18. The van der Waals surface area contributed by atoms with E-state index in [1.807, 2.05) is 6.07 Å². The molecule has 0 N–H and O–H groups in total. The largest absolute Gasteiger partial charge is 0.497 e. The molecule has 1 amide bonds. The van der Waals surface area contributed by atoms with Crippen molar-refractivity contribution in [2.24, 2.45) is 0 Å². The normalized spacial score (nSPS) is 15.9. The van der Waals surface area contributed by atoms with Crippen LogP contribution in [-0.4, -0.2) is 36.1 Å². The molecule has 1 aliphatic rings. The Morgan fingerprint density at radius 3 is 2.80 bits per heavy atom. The molecular formula is C23H23FN2O4. The molecule has 4 rings (SSSR count). The second-order valence-electron chi connectivity index (χ2n) is 7.18. The number of benzene rings is 2. The van der Waals surface area contributed by atoms with E-state index in [2.05, 4.69) is 4.98 Å². The van der Waals surface area contributed by atoms with Crippen LogP contribution in [0.4, 0.5) is 4.39 Å². The van der Waals surface area contributed by atoms with E-state index < -0.39 is 0 Å². The Morgan fingerprint density at radius 2 is 2.03 bits per heavy atom. The third-order valence-electron chi connectivity index (χ3n) is 5.12. The maximum absolute atomic E-state index is 13.4. The van der Waals surface area contributed by atoms with E-state index in [4.69, 9.17) is 13.9 Å². The number of oxazole rings is 1. The maximum Gasteiger partial charge on any atom is 0.261 e. The highest BCUT2D eigenvalue weighted by atomic mass is 19.1. The van der Waals surface area contributed by atoms with Gasteiger partial charge >= 0.3 is 0 Å². The topological polar surface area (TPSA) is 64.8 Å². The van der Waals surface area contributed by atoms with Gasteiger partial charge in [0, 0.05) is 13.0 Å². The van der Waals surface area contributed by atoms with Gasteiger partial charge in [-0.05, 0) is 54.8 Å². The molecule has 2 heterocycles. The van der Waals surface area contributed by atoms with Crippen molar-refractivity contribution in [1.29, 1.82) is 0 Å². The summed E-state index contributed by atoms with van der Waals surface area (Å²) in [6, 6.07) is 13.3. The predicted molar refractivity (Wildman–Crippen MR) is 108 cm³/mol. The van der Waals surface area contributed by atoms with Crippen LogP contribution in [0, 0.1) is 5.82 Å². The van der Waals surface area contributed by atoms with Crippen LogP contribution in [0.3, 0.4) is 0 Å². The number of hydrogen-bond acceptors (Lipinski definition) is 5. The Kier molecular flexibility index (Phi) is 5.97. The van der Waals surface area contributed by atoms with E-state index in [0.29, 0.717) is 30.4 Å². The molecule has 1 atom stereocenters. The van der Waals surface area contributed by atoms with Crippen LogP contribution >= 0.6 is 0 Å². The molecule has 1 saturated heterocycles. The Labute approximate surface area is 174 Å². The number of rotatable bonds is 7. The van der Waals surface area contributed by atoms with Gasteiger partial charge in [0.05, 0.1) is 13.3 Å². The molecule has 2 aromatic carbocycles. The molecule has 0 spiro atoms. The van der Waals surface area contributed by atoms with Gasteiger partial charge in [0.25, 0.3) is 5.91 Å². The Balaban J connectivity index is 1.38. The first kappa shape index (κ1) is 19.9. The molecule has 0 aliphatic carbocycles. The number of carbonyl (C=O) groups excluding carboxylic acids is 1. The zero-order chi connectivity index (χ0) is 20.9. The number of hydrogen-bond donors (Lipinski definition) is 0. The highest BCUT2D eigenvalue weighted by molar-refractivity contribution is 5.78. The first-order valence-corrected chi connectivity index (χ1v) is 9.88. The lowest BCUT2D eigenvalue weighted by Crippen LogP contribution is -2.34. The quantitative estimate of drug-likeness (QED) is 0.585. The lowest BCUT2D eigenvalue weighted by molar-refractivity contribution is -0.134. The summed E-state index contributed by atoms with van der Waals surface area (Å²) in [4.78, 5) is 18.9. The number of likely N-dealkylation sites (tertiary alicyclic amines) is 1. The predicted octanol–water partition coefficient (Wildman–Crippen LogP) is 4.16. The summed E-state index contributed by atoms with van der Waals surface area (Å²) in [5, 5.41) is 0. The van der Waals surface area contributed by atoms with Gasteiger partial charge in [-0.25, -0.2) is 9.37 Å². The number of aromatic nitrogens is 1. The van der Waals surface area contributed by atoms with E-state index in [9.17, 15) is 9.18 Å². The van der Waals surface area contributed by atoms with Crippen LogP contribution in [0.1, 0.15) is 36.1 Å². The SMILES string of the molecule is COc1ccc(OCC(=O)N2CCC[C@@H]2c2ncc(Cc3cccc(F)c3)o2)cc1. The fourth-order valence-electron chi connectivity index (χ4n) is 3.63. The van der Waals surface area contributed by atoms with E-state index in [1.54, 1.807) is 48.5 Å².